The lowest BCUT2D eigenvalue weighted by molar-refractivity contribution is 0.0696. The molecule has 0 bridgehead atoms. The van der Waals surface area contributed by atoms with Crippen LogP contribution in [0.4, 0.5) is 0 Å². The largest absolute Gasteiger partial charge is 0.478 e. The smallest absolute Gasteiger partial charge is 0.337 e. The third kappa shape index (κ3) is 2.82. The van der Waals surface area contributed by atoms with Crippen molar-refractivity contribution in [3.63, 3.8) is 0 Å². The number of carboxylic acid groups (broad SMARTS) is 1. The molecule has 0 saturated carbocycles. The molecular formula is C13H18N2O2. The van der Waals surface area contributed by atoms with Crippen LogP contribution in [0, 0.1) is 5.92 Å². The topological polar surface area (TPSA) is 53.4 Å². The third-order valence-corrected chi connectivity index (χ3v) is 3.35. The Kier molecular flexibility index (Phi) is 3.43. The van der Waals surface area contributed by atoms with Crippen molar-refractivity contribution in [2.75, 3.05) is 6.54 Å². The van der Waals surface area contributed by atoms with Crippen LogP contribution in [0.25, 0.3) is 0 Å². The van der Waals surface area contributed by atoms with Crippen molar-refractivity contribution in [1.82, 2.24) is 9.88 Å². The van der Waals surface area contributed by atoms with E-state index in [1.165, 1.54) is 12.6 Å². The average Bonchev–Trinajstić information content (AvgIpc) is 2.58. The molecule has 2 heterocycles. The van der Waals surface area contributed by atoms with E-state index in [9.17, 15) is 4.79 Å². The van der Waals surface area contributed by atoms with Crippen molar-refractivity contribution >= 4 is 5.97 Å². The standard InChI is InChI=1S/C13H18N2O2/c1-9-5-10(2)15(7-9)8-12-4-3-11(6-14-12)13(16)17/h3-4,6,9-10H,5,7-8H2,1-2H3,(H,16,17). The molecule has 4 heteroatoms. The van der Waals surface area contributed by atoms with E-state index in [0.717, 1.165) is 24.7 Å². The number of likely N-dealkylation sites (tertiary alicyclic amines) is 1. The monoisotopic (exact) mass is 234 g/mol. The third-order valence-electron chi connectivity index (χ3n) is 3.35. The maximum Gasteiger partial charge on any atom is 0.337 e. The average molecular weight is 234 g/mol. The number of hydrogen-bond acceptors (Lipinski definition) is 3. The second-order valence-electron chi connectivity index (χ2n) is 4.96. The van der Waals surface area contributed by atoms with E-state index in [-0.39, 0.29) is 5.56 Å². The lowest BCUT2D eigenvalue weighted by Gasteiger charge is -2.20. The van der Waals surface area contributed by atoms with E-state index in [0.29, 0.717) is 6.04 Å². The van der Waals surface area contributed by atoms with Gasteiger partial charge in [0.2, 0.25) is 0 Å². The maximum atomic E-state index is 10.7. The van der Waals surface area contributed by atoms with Crippen molar-refractivity contribution in [3.05, 3.63) is 29.6 Å². The van der Waals surface area contributed by atoms with E-state index in [1.807, 2.05) is 0 Å². The van der Waals surface area contributed by atoms with Gasteiger partial charge in [-0.25, -0.2) is 4.79 Å². The summed E-state index contributed by atoms with van der Waals surface area (Å²) < 4.78 is 0. The Balaban J connectivity index is 2.02. The Labute approximate surface area is 101 Å². The first-order valence-corrected chi connectivity index (χ1v) is 5.98. The van der Waals surface area contributed by atoms with Crippen LogP contribution >= 0.6 is 0 Å². The summed E-state index contributed by atoms with van der Waals surface area (Å²) in [5.41, 5.74) is 1.19. The number of carbonyl (C=O) groups is 1. The molecule has 0 amide bonds. The van der Waals surface area contributed by atoms with Gasteiger partial charge in [0.25, 0.3) is 0 Å². The number of carboxylic acids is 1. The van der Waals surface area contributed by atoms with Gasteiger partial charge in [0.15, 0.2) is 0 Å². The summed E-state index contributed by atoms with van der Waals surface area (Å²) >= 11 is 0. The van der Waals surface area contributed by atoms with E-state index >= 15 is 0 Å². The van der Waals surface area contributed by atoms with Crippen molar-refractivity contribution < 1.29 is 9.90 Å². The van der Waals surface area contributed by atoms with Gasteiger partial charge in [-0.2, -0.15) is 0 Å². The van der Waals surface area contributed by atoms with Gasteiger partial charge in [-0.05, 0) is 31.4 Å². The van der Waals surface area contributed by atoms with E-state index in [4.69, 9.17) is 5.11 Å². The number of nitrogens with zero attached hydrogens (tertiary/aromatic N) is 2. The molecule has 0 radical (unpaired) electrons. The van der Waals surface area contributed by atoms with Gasteiger partial charge in [0, 0.05) is 25.3 Å². The number of rotatable bonds is 3. The molecule has 2 rings (SSSR count). The van der Waals surface area contributed by atoms with Gasteiger partial charge < -0.3 is 5.11 Å². The zero-order chi connectivity index (χ0) is 12.4. The van der Waals surface area contributed by atoms with Crippen LogP contribution in [0.3, 0.4) is 0 Å². The van der Waals surface area contributed by atoms with Crippen LogP contribution < -0.4 is 0 Å². The summed E-state index contributed by atoms with van der Waals surface area (Å²) in [6.45, 7) is 6.40. The van der Waals surface area contributed by atoms with Gasteiger partial charge >= 0.3 is 5.97 Å². The fourth-order valence-electron chi connectivity index (χ4n) is 2.46. The van der Waals surface area contributed by atoms with Crippen LogP contribution in [0.5, 0.6) is 0 Å². The predicted molar refractivity (Wildman–Crippen MR) is 64.8 cm³/mol. The lowest BCUT2D eigenvalue weighted by atomic mass is 10.1. The van der Waals surface area contributed by atoms with Crippen molar-refractivity contribution in [1.29, 1.82) is 0 Å². The Morgan fingerprint density at radius 3 is 2.76 bits per heavy atom. The van der Waals surface area contributed by atoms with Gasteiger partial charge in [0.05, 0.1) is 11.3 Å². The van der Waals surface area contributed by atoms with E-state index in [2.05, 4.69) is 23.7 Å². The van der Waals surface area contributed by atoms with Crippen LogP contribution in [0.15, 0.2) is 18.3 Å². The van der Waals surface area contributed by atoms with Crippen LogP contribution in [0.1, 0.15) is 36.3 Å². The molecule has 1 aromatic rings. The Hall–Kier alpha value is -1.42. The molecule has 17 heavy (non-hydrogen) atoms. The zero-order valence-corrected chi connectivity index (χ0v) is 10.3. The SMILES string of the molecule is CC1CC(C)N(Cc2ccc(C(=O)O)cn2)C1. The summed E-state index contributed by atoms with van der Waals surface area (Å²) in [5, 5.41) is 8.79. The van der Waals surface area contributed by atoms with Gasteiger partial charge in [-0.1, -0.05) is 6.92 Å². The summed E-state index contributed by atoms with van der Waals surface area (Å²) in [7, 11) is 0. The summed E-state index contributed by atoms with van der Waals surface area (Å²) in [6.07, 6.45) is 2.66. The van der Waals surface area contributed by atoms with Crippen molar-refractivity contribution in [2.24, 2.45) is 5.92 Å². The molecule has 0 spiro atoms. The Bertz CT molecular complexity index is 402. The fourth-order valence-corrected chi connectivity index (χ4v) is 2.46. The minimum atomic E-state index is -0.924. The molecule has 1 N–H and O–H groups in total. The van der Waals surface area contributed by atoms with Crippen molar-refractivity contribution in [2.45, 2.75) is 32.9 Å². The molecule has 2 atom stereocenters. The molecule has 1 fully saturated rings. The second-order valence-corrected chi connectivity index (χ2v) is 4.96. The number of aromatic nitrogens is 1. The minimum Gasteiger partial charge on any atom is -0.478 e. The van der Waals surface area contributed by atoms with Crippen LogP contribution in [-0.4, -0.2) is 33.5 Å². The molecule has 1 saturated heterocycles. The molecule has 2 unspecified atom stereocenters. The predicted octanol–water partition coefficient (Wildman–Crippen LogP) is 2.01. The van der Waals surface area contributed by atoms with Crippen molar-refractivity contribution in [3.8, 4) is 0 Å². The molecule has 92 valence electrons. The Morgan fingerprint density at radius 2 is 2.29 bits per heavy atom. The zero-order valence-electron chi connectivity index (χ0n) is 10.3. The lowest BCUT2D eigenvalue weighted by Crippen LogP contribution is -2.27. The van der Waals surface area contributed by atoms with E-state index in [1.54, 1.807) is 12.1 Å². The first-order chi connectivity index (χ1) is 8.06. The highest BCUT2D eigenvalue weighted by atomic mass is 16.4. The molecule has 1 aromatic heterocycles. The second kappa shape index (κ2) is 4.84. The normalized spacial score (nSPS) is 25.1. The quantitative estimate of drug-likeness (QED) is 0.869. The maximum absolute atomic E-state index is 10.7. The summed E-state index contributed by atoms with van der Waals surface area (Å²) in [6, 6.07) is 4.01. The van der Waals surface area contributed by atoms with Gasteiger partial charge in [-0.3, -0.25) is 9.88 Å². The highest BCUT2D eigenvalue weighted by Crippen LogP contribution is 2.23. The first-order valence-electron chi connectivity index (χ1n) is 5.98. The highest BCUT2D eigenvalue weighted by Gasteiger charge is 2.26. The molecule has 1 aliphatic rings. The highest BCUT2D eigenvalue weighted by molar-refractivity contribution is 5.87. The molecule has 0 aromatic carbocycles. The first kappa shape index (κ1) is 12.0. The number of pyridine rings is 1. The number of aromatic carboxylic acids is 1. The molecule has 4 nitrogen and oxygen atoms in total. The van der Waals surface area contributed by atoms with Gasteiger partial charge in [-0.15, -0.1) is 0 Å². The molecule has 1 aliphatic heterocycles. The number of hydrogen-bond donors (Lipinski definition) is 1. The summed E-state index contributed by atoms with van der Waals surface area (Å²) in [5.74, 6) is -0.185. The summed E-state index contributed by atoms with van der Waals surface area (Å²) in [4.78, 5) is 17.3. The Morgan fingerprint density at radius 1 is 1.53 bits per heavy atom. The van der Waals surface area contributed by atoms with Gasteiger partial charge in [0.1, 0.15) is 0 Å². The molecule has 0 aliphatic carbocycles. The van der Waals surface area contributed by atoms with Crippen LogP contribution in [0.2, 0.25) is 0 Å². The minimum absolute atomic E-state index is 0.247. The fraction of sp³-hybridized carbons (Fsp3) is 0.538. The van der Waals surface area contributed by atoms with Crippen LogP contribution in [-0.2, 0) is 6.54 Å². The van der Waals surface area contributed by atoms with E-state index < -0.39 is 5.97 Å². The molecular weight excluding hydrogens is 216 g/mol.